The van der Waals surface area contributed by atoms with Crippen LogP contribution in [-0.2, 0) is 6.42 Å². The van der Waals surface area contributed by atoms with Gasteiger partial charge in [0.05, 0.1) is 12.2 Å². The molecule has 1 N–H and O–H groups in total. The number of benzene rings is 2. The maximum Gasteiger partial charge on any atom is 0.317 e. The highest BCUT2D eigenvalue weighted by atomic mass is 16.2. The number of amides is 2. The highest BCUT2D eigenvalue weighted by molar-refractivity contribution is 5.74. The molecular weight excluding hydrogens is 350 g/mol. The number of rotatable bonds is 6. The predicted octanol–water partition coefficient (Wildman–Crippen LogP) is 3.53. The van der Waals surface area contributed by atoms with Crippen LogP contribution in [0.15, 0.2) is 66.9 Å². The average Bonchev–Trinajstić information content (AvgIpc) is 3.42. The van der Waals surface area contributed by atoms with Crippen molar-refractivity contribution >= 4 is 6.03 Å². The van der Waals surface area contributed by atoms with Crippen molar-refractivity contribution in [3.05, 3.63) is 72.4 Å². The number of hydrogen-bond donors (Lipinski definition) is 1. The molecule has 3 aromatic rings. The van der Waals surface area contributed by atoms with Crippen LogP contribution in [-0.4, -0.2) is 45.6 Å². The molecule has 0 saturated carbocycles. The highest BCUT2D eigenvalue weighted by Crippen LogP contribution is 2.23. The van der Waals surface area contributed by atoms with Gasteiger partial charge in [-0.3, -0.25) is 0 Å². The quantitative estimate of drug-likeness (QED) is 0.671. The zero-order chi connectivity index (χ0) is 19.2. The van der Waals surface area contributed by atoms with Gasteiger partial charge < -0.3 is 10.2 Å². The number of aryl methyl sites for hydroxylation is 1. The molecule has 1 aliphatic heterocycles. The lowest BCUT2D eigenvalue weighted by Crippen LogP contribution is -2.39. The molecule has 28 heavy (non-hydrogen) atoms. The van der Waals surface area contributed by atoms with Crippen LogP contribution in [0.1, 0.15) is 24.4 Å². The topological polar surface area (TPSA) is 63.1 Å². The number of urea groups is 1. The lowest BCUT2D eigenvalue weighted by atomic mass is 10.1. The second-order valence-corrected chi connectivity index (χ2v) is 7.16. The molecule has 0 bridgehead atoms. The Hall–Kier alpha value is -3.15. The Balaban J connectivity index is 1.25. The maximum atomic E-state index is 12.4. The second kappa shape index (κ2) is 8.69. The molecule has 4 rings (SSSR count). The van der Waals surface area contributed by atoms with Crippen LogP contribution in [0.4, 0.5) is 4.79 Å². The van der Waals surface area contributed by atoms with E-state index in [1.807, 2.05) is 64.3 Å². The lowest BCUT2D eigenvalue weighted by Gasteiger charge is -2.17. The minimum absolute atomic E-state index is 0.0129. The SMILES string of the molecule is O=C(NCCCc1ccccc1)N1CCC(n2cc(-c3ccccc3)nn2)C1. The zero-order valence-corrected chi connectivity index (χ0v) is 15.9. The van der Waals surface area contributed by atoms with E-state index in [1.165, 1.54) is 5.56 Å². The molecule has 144 valence electrons. The van der Waals surface area contributed by atoms with E-state index in [0.29, 0.717) is 13.1 Å². The van der Waals surface area contributed by atoms with Crippen molar-refractivity contribution in [3.8, 4) is 11.3 Å². The third-order valence-electron chi connectivity index (χ3n) is 5.17. The third kappa shape index (κ3) is 4.39. The van der Waals surface area contributed by atoms with Gasteiger partial charge >= 0.3 is 6.03 Å². The number of likely N-dealkylation sites (tertiary alicyclic amines) is 1. The predicted molar refractivity (Wildman–Crippen MR) is 109 cm³/mol. The summed E-state index contributed by atoms with van der Waals surface area (Å²) in [5, 5.41) is 11.6. The van der Waals surface area contributed by atoms with Crippen molar-refractivity contribution in [1.82, 2.24) is 25.2 Å². The van der Waals surface area contributed by atoms with Crippen molar-refractivity contribution < 1.29 is 4.79 Å². The molecule has 6 nitrogen and oxygen atoms in total. The summed E-state index contributed by atoms with van der Waals surface area (Å²) in [6, 6.07) is 20.6. The number of aromatic nitrogens is 3. The summed E-state index contributed by atoms with van der Waals surface area (Å²) < 4.78 is 1.89. The fourth-order valence-corrected chi connectivity index (χ4v) is 3.58. The van der Waals surface area contributed by atoms with Crippen LogP contribution in [0.3, 0.4) is 0 Å². The molecule has 1 atom stereocenters. The fraction of sp³-hybridized carbons (Fsp3) is 0.318. The van der Waals surface area contributed by atoms with Gasteiger partial charge in [-0.25, -0.2) is 9.48 Å². The first-order valence-electron chi connectivity index (χ1n) is 9.83. The second-order valence-electron chi connectivity index (χ2n) is 7.16. The number of carbonyl (C=O) groups excluding carboxylic acids is 1. The van der Waals surface area contributed by atoms with Crippen LogP contribution < -0.4 is 5.32 Å². The van der Waals surface area contributed by atoms with Crippen LogP contribution in [0.25, 0.3) is 11.3 Å². The monoisotopic (exact) mass is 375 g/mol. The molecule has 1 aromatic heterocycles. The summed E-state index contributed by atoms with van der Waals surface area (Å²) in [5.74, 6) is 0. The highest BCUT2D eigenvalue weighted by Gasteiger charge is 2.28. The Bertz CT molecular complexity index is 894. The Morgan fingerprint density at radius 3 is 2.61 bits per heavy atom. The van der Waals surface area contributed by atoms with Gasteiger partial charge in [0, 0.05) is 25.2 Å². The number of carbonyl (C=O) groups is 1. The molecular formula is C22H25N5O. The van der Waals surface area contributed by atoms with E-state index >= 15 is 0 Å². The van der Waals surface area contributed by atoms with Gasteiger partial charge in [-0.1, -0.05) is 65.9 Å². The molecule has 2 amide bonds. The molecule has 1 fully saturated rings. The van der Waals surface area contributed by atoms with Crippen molar-refractivity contribution in [1.29, 1.82) is 0 Å². The fourth-order valence-electron chi connectivity index (χ4n) is 3.58. The zero-order valence-electron chi connectivity index (χ0n) is 15.9. The molecule has 1 unspecified atom stereocenters. The van der Waals surface area contributed by atoms with E-state index in [1.54, 1.807) is 0 Å². The number of nitrogens with zero attached hydrogens (tertiary/aromatic N) is 4. The van der Waals surface area contributed by atoms with Gasteiger partial charge in [0.1, 0.15) is 5.69 Å². The summed E-state index contributed by atoms with van der Waals surface area (Å²) in [7, 11) is 0. The molecule has 2 heterocycles. The summed E-state index contributed by atoms with van der Waals surface area (Å²) in [6.45, 7) is 2.11. The molecule has 6 heteroatoms. The molecule has 0 aliphatic carbocycles. The van der Waals surface area contributed by atoms with Gasteiger partial charge in [-0.05, 0) is 24.8 Å². The molecule has 1 aliphatic rings. The van der Waals surface area contributed by atoms with Crippen LogP contribution >= 0.6 is 0 Å². The molecule has 2 aromatic carbocycles. The number of hydrogen-bond acceptors (Lipinski definition) is 3. The lowest BCUT2D eigenvalue weighted by molar-refractivity contribution is 0.206. The summed E-state index contributed by atoms with van der Waals surface area (Å²) in [6.07, 6.45) is 4.79. The summed E-state index contributed by atoms with van der Waals surface area (Å²) in [4.78, 5) is 14.3. The minimum Gasteiger partial charge on any atom is -0.338 e. The van der Waals surface area contributed by atoms with Gasteiger partial charge in [0.2, 0.25) is 0 Å². The summed E-state index contributed by atoms with van der Waals surface area (Å²) >= 11 is 0. The Morgan fingerprint density at radius 2 is 1.82 bits per heavy atom. The van der Waals surface area contributed by atoms with E-state index in [2.05, 4.69) is 27.8 Å². The van der Waals surface area contributed by atoms with Gasteiger partial charge in [0.25, 0.3) is 0 Å². The van der Waals surface area contributed by atoms with E-state index < -0.39 is 0 Å². The smallest absolute Gasteiger partial charge is 0.317 e. The molecule has 1 saturated heterocycles. The van der Waals surface area contributed by atoms with Crippen molar-refractivity contribution in [3.63, 3.8) is 0 Å². The standard InChI is InChI=1S/C22H25N5O/c28-22(23-14-7-10-18-8-3-1-4-9-18)26-15-13-20(16-26)27-17-21(24-25-27)19-11-5-2-6-12-19/h1-6,8-9,11-12,17,20H,7,10,13-16H2,(H,23,28). The van der Waals surface area contributed by atoms with E-state index in [-0.39, 0.29) is 12.1 Å². The first-order chi connectivity index (χ1) is 13.8. The van der Waals surface area contributed by atoms with Gasteiger partial charge in [-0.2, -0.15) is 0 Å². The van der Waals surface area contributed by atoms with Gasteiger partial charge in [0.15, 0.2) is 0 Å². The van der Waals surface area contributed by atoms with Crippen molar-refractivity contribution in [2.75, 3.05) is 19.6 Å². The van der Waals surface area contributed by atoms with E-state index in [9.17, 15) is 4.79 Å². The Kier molecular flexibility index (Phi) is 5.66. The van der Waals surface area contributed by atoms with Crippen LogP contribution in [0, 0.1) is 0 Å². The van der Waals surface area contributed by atoms with Gasteiger partial charge in [-0.15, -0.1) is 5.10 Å². The van der Waals surface area contributed by atoms with Crippen LogP contribution in [0.2, 0.25) is 0 Å². The Labute approximate surface area is 165 Å². The van der Waals surface area contributed by atoms with Crippen molar-refractivity contribution in [2.45, 2.75) is 25.3 Å². The largest absolute Gasteiger partial charge is 0.338 e. The van der Waals surface area contributed by atoms with Crippen LogP contribution in [0.5, 0.6) is 0 Å². The first-order valence-corrected chi connectivity index (χ1v) is 9.83. The third-order valence-corrected chi connectivity index (χ3v) is 5.17. The normalized spacial score (nSPS) is 16.3. The maximum absolute atomic E-state index is 12.4. The number of nitrogens with one attached hydrogen (secondary N) is 1. The average molecular weight is 375 g/mol. The minimum atomic E-state index is 0.0129. The molecule has 0 spiro atoms. The van der Waals surface area contributed by atoms with E-state index in [4.69, 9.17) is 0 Å². The van der Waals surface area contributed by atoms with Crippen molar-refractivity contribution in [2.24, 2.45) is 0 Å². The first kappa shape index (κ1) is 18.2. The van der Waals surface area contributed by atoms with E-state index in [0.717, 1.165) is 37.1 Å². The molecule has 0 radical (unpaired) electrons. The Morgan fingerprint density at radius 1 is 1.07 bits per heavy atom. The summed E-state index contributed by atoms with van der Waals surface area (Å²) in [5.41, 5.74) is 3.22.